The van der Waals surface area contributed by atoms with Crippen molar-refractivity contribution in [3.8, 4) is 11.1 Å². The normalized spacial score (nSPS) is 10.4. The van der Waals surface area contributed by atoms with Crippen molar-refractivity contribution in [2.45, 2.75) is 13.5 Å². The van der Waals surface area contributed by atoms with Gasteiger partial charge >= 0.3 is 0 Å². The Morgan fingerprint density at radius 1 is 0.792 bits per heavy atom. The van der Waals surface area contributed by atoms with Gasteiger partial charge in [-0.3, -0.25) is 4.79 Å². The van der Waals surface area contributed by atoms with Gasteiger partial charge in [0.15, 0.2) is 0 Å². The number of carbonyl (C=O) groups is 1. The van der Waals surface area contributed by atoms with Crippen molar-refractivity contribution in [1.82, 2.24) is 4.90 Å². The largest absolute Gasteiger partial charge is 0.337 e. The molecule has 3 aromatic rings. The van der Waals surface area contributed by atoms with Crippen LogP contribution < -0.4 is 0 Å². The molecule has 0 bridgehead atoms. The van der Waals surface area contributed by atoms with Crippen LogP contribution >= 0.6 is 0 Å². The Balaban J connectivity index is 1.69. The summed E-state index contributed by atoms with van der Waals surface area (Å²) in [5.74, 6) is 0.0436. The van der Waals surface area contributed by atoms with Crippen molar-refractivity contribution in [2.75, 3.05) is 7.05 Å². The summed E-state index contributed by atoms with van der Waals surface area (Å²) in [7, 11) is 1.84. The quantitative estimate of drug-likeness (QED) is 0.668. The molecule has 0 atom stereocenters. The fraction of sp³-hybridized carbons (Fsp3) is 0.136. The third kappa shape index (κ3) is 3.72. The number of hydrogen-bond donors (Lipinski definition) is 0. The number of benzene rings is 3. The molecule has 0 aromatic heterocycles. The van der Waals surface area contributed by atoms with Crippen LogP contribution in [0.25, 0.3) is 11.1 Å². The predicted molar refractivity (Wildman–Crippen MR) is 98.9 cm³/mol. The highest BCUT2D eigenvalue weighted by molar-refractivity contribution is 5.94. The lowest BCUT2D eigenvalue weighted by Gasteiger charge is -2.17. The SMILES string of the molecule is Cc1ccc(C(=O)N(C)Cc2ccc(-c3ccccc3)cc2)cc1. The van der Waals surface area contributed by atoms with Crippen LogP contribution in [-0.4, -0.2) is 17.9 Å². The summed E-state index contributed by atoms with van der Waals surface area (Å²) in [5, 5.41) is 0. The minimum atomic E-state index is 0.0436. The molecule has 0 spiro atoms. The summed E-state index contributed by atoms with van der Waals surface area (Å²) in [4.78, 5) is 14.2. The second-order valence-electron chi connectivity index (χ2n) is 6.09. The summed E-state index contributed by atoms with van der Waals surface area (Å²) in [6.45, 7) is 2.62. The van der Waals surface area contributed by atoms with Gasteiger partial charge in [-0.05, 0) is 35.7 Å². The van der Waals surface area contributed by atoms with E-state index in [4.69, 9.17) is 0 Å². The molecule has 0 aliphatic carbocycles. The molecule has 2 nitrogen and oxygen atoms in total. The van der Waals surface area contributed by atoms with Crippen LogP contribution in [-0.2, 0) is 6.54 Å². The van der Waals surface area contributed by atoms with Crippen LogP contribution in [0.1, 0.15) is 21.5 Å². The van der Waals surface area contributed by atoms with Gasteiger partial charge in [-0.25, -0.2) is 0 Å². The Morgan fingerprint density at radius 2 is 1.38 bits per heavy atom. The van der Waals surface area contributed by atoms with Gasteiger partial charge in [0.2, 0.25) is 0 Å². The van der Waals surface area contributed by atoms with E-state index < -0.39 is 0 Å². The molecule has 2 heteroatoms. The molecule has 3 rings (SSSR count). The number of nitrogens with zero attached hydrogens (tertiary/aromatic N) is 1. The highest BCUT2D eigenvalue weighted by Crippen LogP contribution is 2.20. The Labute approximate surface area is 143 Å². The van der Waals surface area contributed by atoms with Crippen molar-refractivity contribution >= 4 is 5.91 Å². The molecule has 0 radical (unpaired) electrons. The molecule has 24 heavy (non-hydrogen) atoms. The summed E-state index contributed by atoms with van der Waals surface area (Å²) in [5.41, 5.74) is 5.40. The fourth-order valence-corrected chi connectivity index (χ4v) is 2.70. The van der Waals surface area contributed by atoms with Gasteiger partial charge in [0.25, 0.3) is 5.91 Å². The van der Waals surface area contributed by atoms with E-state index in [0.717, 1.165) is 16.7 Å². The molecule has 0 unspecified atom stereocenters. The van der Waals surface area contributed by atoms with Crippen LogP contribution in [0.5, 0.6) is 0 Å². The van der Waals surface area contributed by atoms with E-state index in [1.807, 2.05) is 56.4 Å². The first-order valence-electron chi connectivity index (χ1n) is 8.10. The van der Waals surface area contributed by atoms with E-state index in [2.05, 4.69) is 36.4 Å². The number of carbonyl (C=O) groups excluding carboxylic acids is 1. The van der Waals surface area contributed by atoms with Crippen molar-refractivity contribution in [3.63, 3.8) is 0 Å². The summed E-state index contributed by atoms with van der Waals surface area (Å²) in [6.07, 6.45) is 0. The van der Waals surface area contributed by atoms with Crippen molar-refractivity contribution in [3.05, 3.63) is 95.6 Å². The first kappa shape index (κ1) is 16.0. The first-order valence-corrected chi connectivity index (χ1v) is 8.10. The first-order chi connectivity index (χ1) is 11.6. The lowest BCUT2D eigenvalue weighted by atomic mass is 10.0. The number of aryl methyl sites for hydroxylation is 1. The third-order valence-electron chi connectivity index (χ3n) is 4.13. The highest BCUT2D eigenvalue weighted by atomic mass is 16.2. The standard InChI is InChI=1S/C22H21NO/c1-17-8-12-21(13-9-17)22(24)23(2)16-18-10-14-20(15-11-18)19-6-4-3-5-7-19/h3-15H,16H2,1-2H3. The Kier molecular flexibility index (Phi) is 4.76. The Bertz CT molecular complexity index is 805. The summed E-state index contributed by atoms with van der Waals surface area (Å²) >= 11 is 0. The second kappa shape index (κ2) is 7.14. The molecule has 0 aliphatic rings. The van der Waals surface area contributed by atoms with Crippen molar-refractivity contribution < 1.29 is 4.79 Å². The van der Waals surface area contributed by atoms with Gasteiger partial charge < -0.3 is 4.90 Å². The molecule has 0 N–H and O–H groups in total. The van der Waals surface area contributed by atoms with Crippen molar-refractivity contribution in [2.24, 2.45) is 0 Å². The Hall–Kier alpha value is -2.87. The Morgan fingerprint density at radius 3 is 2.00 bits per heavy atom. The zero-order valence-electron chi connectivity index (χ0n) is 14.1. The van der Waals surface area contributed by atoms with Gasteiger partial charge in [0.1, 0.15) is 0 Å². The zero-order chi connectivity index (χ0) is 16.9. The predicted octanol–water partition coefficient (Wildman–Crippen LogP) is 4.93. The minimum absolute atomic E-state index is 0.0436. The molecule has 0 aliphatic heterocycles. The van der Waals surface area contributed by atoms with E-state index in [1.165, 1.54) is 11.1 Å². The van der Waals surface area contributed by atoms with E-state index in [9.17, 15) is 4.79 Å². The van der Waals surface area contributed by atoms with Gasteiger partial charge in [-0.2, -0.15) is 0 Å². The number of hydrogen-bond acceptors (Lipinski definition) is 1. The molecule has 3 aromatic carbocycles. The fourth-order valence-electron chi connectivity index (χ4n) is 2.70. The molecule has 0 fully saturated rings. The van der Waals surface area contributed by atoms with Crippen molar-refractivity contribution in [1.29, 1.82) is 0 Å². The average Bonchev–Trinajstić information content (AvgIpc) is 2.63. The van der Waals surface area contributed by atoms with E-state index in [-0.39, 0.29) is 5.91 Å². The molecule has 120 valence electrons. The lowest BCUT2D eigenvalue weighted by Crippen LogP contribution is -2.26. The zero-order valence-corrected chi connectivity index (χ0v) is 14.1. The smallest absolute Gasteiger partial charge is 0.253 e. The molecule has 0 saturated carbocycles. The number of amides is 1. The summed E-state index contributed by atoms with van der Waals surface area (Å²) < 4.78 is 0. The molecule has 1 amide bonds. The van der Waals surface area contributed by atoms with Crippen LogP contribution in [0.2, 0.25) is 0 Å². The topological polar surface area (TPSA) is 20.3 Å². The monoisotopic (exact) mass is 315 g/mol. The molecule has 0 saturated heterocycles. The van der Waals surface area contributed by atoms with E-state index >= 15 is 0 Å². The lowest BCUT2D eigenvalue weighted by molar-refractivity contribution is 0.0785. The maximum atomic E-state index is 12.5. The van der Waals surface area contributed by atoms with E-state index in [1.54, 1.807) is 4.90 Å². The van der Waals surface area contributed by atoms with Crippen LogP contribution in [0.15, 0.2) is 78.9 Å². The van der Waals surface area contributed by atoms with Gasteiger partial charge in [0.05, 0.1) is 0 Å². The van der Waals surface area contributed by atoms with E-state index in [0.29, 0.717) is 6.54 Å². The second-order valence-corrected chi connectivity index (χ2v) is 6.09. The number of rotatable bonds is 4. The molecule has 0 heterocycles. The van der Waals surface area contributed by atoms with Gasteiger partial charge in [-0.1, -0.05) is 72.3 Å². The minimum Gasteiger partial charge on any atom is -0.337 e. The van der Waals surface area contributed by atoms with Crippen LogP contribution in [0, 0.1) is 6.92 Å². The third-order valence-corrected chi connectivity index (χ3v) is 4.13. The average molecular weight is 315 g/mol. The maximum Gasteiger partial charge on any atom is 0.253 e. The molecular weight excluding hydrogens is 294 g/mol. The van der Waals surface area contributed by atoms with Crippen LogP contribution in [0.3, 0.4) is 0 Å². The maximum absolute atomic E-state index is 12.5. The van der Waals surface area contributed by atoms with Crippen LogP contribution in [0.4, 0.5) is 0 Å². The summed E-state index contributed by atoms with van der Waals surface area (Å²) in [6, 6.07) is 26.4. The van der Waals surface area contributed by atoms with Gasteiger partial charge in [0, 0.05) is 19.2 Å². The van der Waals surface area contributed by atoms with Gasteiger partial charge in [-0.15, -0.1) is 0 Å². The highest BCUT2D eigenvalue weighted by Gasteiger charge is 2.11. The molecular formula is C22H21NO.